The highest BCUT2D eigenvalue weighted by Gasteiger charge is 2.45. The first-order valence-corrected chi connectivity index (χ1v) is 7.69. The van der Waals surface area contributed by atoms with E-state index in [2.05, 4.69) is 4.98 Å². The van der Waals surface area contributed by atoms with Crippen molar-refractivity contribution in [2.24, 2.45) is 17.6 Å². The smallest absolute Gasteiger partial charge is 0.244 e. The third-order valence-electron chi connectivity index (χ3n) is 4.15. The van der Waals surface area contributed by atoms with E-state index in [9.17, 15) is 8.42 Å². The molecule has 5 nitrogen and oxygen atoms in total. The van der Waals surface area contributed by atoms with Gasteiger partial charge in [-0.1, -0.05) is 0 Å². The SMILES string of the molecule is Cl.NC1CCC2CN(S(=O)(=O)c3cccnc3)CC12. The lowest BCUT2D eigenvalue weighted by Gasteiger charge is -2.18. The molecule has 0 aromatic carbocycles. The minimum Gasteiger partial charge on any atom is -0.327 e. The summed E-state index contributed by atoms with van der Waals surface area (Å²) in [6.45, 7) is 1.17. The maximum absolute atomic E-state index is 12.4. The van der Waals surface area contributed by atoms with Crippen molar-refractivity contribution in [1.29, 1.82) is 0 Å². The second kappa shape index (κ2) is 5.36. The molecule has 0 radical (unpaired) electrons. The Morgan fingerprint density at radius 3 is 2.74 bits per heavy atom. The van der Waals surface area contributed by atoms with Gasteiger partial charge in [0.2, 0.25) is 10.0 Å². The van der Waals surface area contributed by atoms with Gasteiger partial charge in [0.25, 0.3) is 0 Å². The maximum Gasteiger partial charge on any atom is 0.244 e. The van der Waals surface area contributed by atoms with Crippen LogP contribution in [-0.4, -0.2) is 36.8 Å². The number of pyridine rings is 1. The molecule has 2 fully saturated rings. The fraction of sp³-hybridized carbons (Fsp3) is 0.583. The molecule has 0 bridgehead atoms. The minimum atomic E-state index is -3.39. The Bertz CT molecular complexity index is 537. The molecule has 1 saturated carbocycles. The number of nitrogens with zero attached hydrogens (tertiary/aromatic N) is 2. The van der Waals surface area contributed by atoms with Crippen LogP contribution in [0.5, 0.6) is 0 Å². The topological polar surface area (TPSA) is 76.3 Å². The van der Waals surface area contributed by atoms with Crippen LogP contribution in [-0.2, 0) is 10.0 Å². The molecule has 3 rings (SSSR count). The maximum atomic E-state index is 12.4. The lowest BCUT2D eigenvalue weighted by molar-refractivity contribution is 0.427. The number of nitrogens with two attached hydrogens (primary N) is 1. The largest absolute Gasteiger partial charge is 0.327 e. The molecule has 106 valence electrons. The zero-order valence-electron chi connectivity index (χ0n) is 10.5. The molecular weight excluding hydrogens is 286 g/mol. The van der Waals surface area contributed by atoms with E-state index in [0.29, 0.717) is 24.9 Å². The molecule has 7 heteroatoms. The van der Waals surface area contributed by atoms with Crippen LogP contribution in [0.1, 0.15) is 12.8 Å². The first kappa shape index (κ1) is 14.7. The van der Waals surface area contributed by atoms with E-state index in [0.717, 1.165) is 12.8 Å². The van der Waals surface area contributed by atoms with Crippen molar-refractivity contribution in [3.05, 3.63) is 24.5 Å². The molecule has 2 heterocycles. The molecule has 19 heavy (non-hydrogen) atoms. The van der Waals surface area contributed by atoms with Gasteiger partial charge in [0.05, 0.1) is 0 Å². The van der Waals surface area contributed by atoms with Gasteiger partial charge in [-0.15, -0.1) is 12.4 Å². The predicted octanol–water partition coefficient (Wildman–Crippen LogP) is 0.861. The molecule has 3 unspecified atom stereocenters. The number of halogens is 1. The number of aromatic nitrogens is 1. The Hall–Kier alpha value is -0.690. The molecule has 1 aromatic rings. The van der Waals surface area contributed by atoms with Gasteiger partial charge in [-0.25, -0.2) is 8.42 Å². The second-order valence-electron chi connectivity index (χ2n) is 5.18. The number of rotatable bonds is 2. The van der Waals surface area contributed by atoms with Crippen LogP contribution in [0.2, 0.25) is 0 Å². The number of hydrogen-bond donors (Lipinski definition) is 1. The summed E-state index contributed by atoms with van der Waals surface area (Å²) < 4.78 is 26.4. The highest BCUT2D eigenvalue weighted by atomic mass is 35.5. The van der Waals surface area contributed by atoms with Gasteiger partial charge in [0, 0.05) is 31.5 Å². The van der Waals surface area contributed by atoms with Gasteiger partial charge in [-0.2, -0.15) is 4.31 Å². The van der Waals surface area contributed by atoms with Crippen molar-refractivity contribution in [3.8, 4) is 0 Å². The molecule has 2 aliphatic rings. The molecule has 1 saturated heterocycles. The summed E-state index contributed by atoms with van der Waals surface area (Å²) in [5, 5.41) is 0. The second-order valence-corrected chi connectivity index (χ2v) is 7.11. The van der Waals surface area contributed by atoms with Gasteiger partial charge < -0.3 is 5.73 Å². The summed E-state index contributed by atoms with van der Waals surface area (Å²) in [7, 11) is -3.39. The summed E-state index contributed by atoms with van der Waals surface area (Å²) in [6, 6.07) is 3.40. The molecule has 1 aliphatic carbocycles. The van der Waals surface area contributed by atoms with Gasteiger partial charge >= 0.3 is 0 Å². The van der Waals surface area contributed by atoms with E-state index in [1.807, 2.05) is 0 Å². The van der Waals surface area contributed by atoms with Crippen LogP contribution >= 0.6 is 12.4 Å². The first-order chi connectivity index (χ1) is 8.59. The molecule has 3 atom stereocenters. The number of sulfonamides is 1. The van der Waals surface area contributed by atoms with Crippen LogP contribution in [0, 0.1) is 11.8 Å². The van der Waals surface area contributed by atoms with E-state index in [1.165, 1.54) is 6.20 Å². The Labute approximate surface area is 119 Å². The third kappa shape index (κ3) is 2.50. The van der Waals surface area contributed by atoms with Crippen LogP contribution in [0.15, 0.2) is 29.4 Å². The zero-order valence-corrected chi connectivity index (χ0v) is 12.1. The first-order valence-electron chi connectivity index (χ1n) is 6.25. The fourth-order valence-corrected chi connectivity index (χ4v) is 4.61. The van der Waals surface area contributed by atoms with E-state index < -0.39 is 10.0 Å². The summed E-state index contributed by atoms with van der Waals surface area (Å²) in [5.74, 6) is 0.767. The van der Waals surface area contributed by atoms with Gasteiger partial charge in [0.1, 0.15) is 4.90 Å². The van der Waals surface area contributed by atoms with Crippen LogP contribution in [0.3, 0.4) is 0 Å². The quantitative estimate of drug-likeness (QED) is 0.879. The Morgan fingerprint density at radius 1 is 1.32 bits per heavy atom. The highest BCUT2D eigenvalue weighted by molar-refractivity contribution is 7.89. The lowest BCUT2D eigenvalue weighted by Crippen LogP contribution is -2.33. The van der Waals surface area contributed by atoms with Crippen molar-refractivity contribution in [1.82, 2.24) is 9.29 Å². The van der Waals surface area contributed by atoms with Crippen molar-refractivity contribution >= 4 is 22.4 Å². The van der Waals surface area contributed by atoms with Crippen LogP contribution in [0.4, 0.5) is 0 Å². The molecule has 1 aliphatic heterocycles. The van der Waals surface area contributed by atoms with E-state index in [4.69, 9.17) is 5.73 Å². The summed E-state index contributed by atoms with van der Waals surface area (Å²) >= 11 is 0. The summed E-state index contributed by atoms with van der Waals surface area (Å²) in [5.41, 5.74) is 6.03. The predicted molar refractivity (Wildman–Crippen MR) is 74.4 cm³/mol. The molecule has 0 spiro atoms. The average Bonchev–Trinajstić information content (AvgIpc) is 2.94. The Balaban J connectivity index is 0.00000133. The van der Waals surface area contributed by atoms with Crippen LogP contribution in [0.25, 0.3) is 0 Å². The van der Waals surface area contributed by atoms with Gasteiger partial charge in [0.15, 0.2) is 0 Å². The number of hydrogen-bond acceptors (Lipinski definition) is 4. The Morgan fingerprint density at radius 2 is 2.11 bits per heavy atom. The van der Waals surface area contributed by atoms with Gasteiger partial charge in [-0.05, 0) is 36.8 Å². The van der Waals surface area contributed by atoms with Crippen molar-refractivity contribution < 1.29 is 8.42 Å². The molecule has 0 amide bonds. The monoisotopic (exact) mass is 303 g/mol. The van der Waals surface area contributed by atoms with Crippen LogP contribution < -0.4 is 5.73 Å². The number of fused-ring (bicyclic) bond motifs is 1. The summed E-state index contributed by atoms with van der Waals surface area (Å²) in [6.07, 6.45) is 5.05. The Kier molecular flexibility index (Phi) is 4.15. The van der Waals surface area contributed by atoms with Crippen molar-refractivity contribution in [3.63, 3.8) is 0 Å². The fourth-order valence-electron chi connectivity index (χ4n) is 3.11. The van der Waals surface area contributed by atoms with E-state index >= 15 is 0 Å². The molecule has 2 N–H and O–H groups in total. The van der Waals surface area contributed by atoms with E-state index in [-0.39, 0.29) is 23.3 Å². The normalized spacial score (nSPS) is 30.9. The summed E-state index contributed by atoms with van der Waals surface area (Å²) in [4.78, 5) is 4.16. The standard InChI is InChI=1S/C12H17N3O2S.ClH/c13-12-4-3-9-7-15(8-11(9)12)18(16,17)10-2-1-5-14-6-10;/h1-2,5-6,9,11-12H,3-4,7-8,13H2;1H. The van der Waals surface area contributed by atoms with Gasteiger partial charge in [-0.3, -0.25) is 4.98 Å². The zero-order chi connectivity index (χ0) is 12.8. The van der Waals surface area contributed by atoms with Crippen molar-refractivity contribution in [2.75, 3.05) is 13.1 Å². The lowest BCUT2D eigenvalue weighted by atomic mass is 9.98. The van der Waals surface area contributed by atoms with Crippen molar-refractivity contribution in [2.45, 2.75) is 23.8 Å². The highest BCUT2D eigenvalue weighted by Crippen LogP contribution is 2.39. The van der Waals surface area contributed by atoms with E-state index in [1.54, 1.807) is 22.6 Å². The molecular formula is C12H18ClN3O2S. The average molecular weight is 304 g/mol. The molecule has 1 aromatic heterocycles. The third-order valence-corrected chi connectivity index (χ3v) is 5.97. The minimum absolute atomic E-state index is 0.